The number of halogens is 2. The van der Waals surface area contributed by atoms with Gasteiger partial charge in [-0.05, 0) is 62.1 Å². The number of benzene rings is 2. The van der Waals surface area contributed by atoms with E-state index in [0.717, 1.165) is 24.0 Å². The third-order valence-corrected chi connectivity index (χ3v) is 6.62. The Kier molecular flexibility index (Phi) is 7.01. The van der Waals surface area contributed by atoms with E-state index in [4.69, 9.17) is 9.47 Å². The van der Waals surface area contributed by atoms with Crippen molar-refractivity contribution in [1.29, 1.82) is 0 Å². The first-order valence-electron chi connectivity index (χ1n) is 11.0. The summed E-state index contributed by atoms with van der Waals surface area (Å²) in [6, 6.07) is 12.7. The van der Waals surface area contributed by atoms with Gasteiger partial charge in [0.05, 0.1) is 25.0 Å². The fourth-order valence-corrected chi connectivity index (χ4v) is 4.20. The third-order valence-electron chi connectivity index (χ3n) is 6.62. The van der Waals surface area contributed by atoms with Crippen LogP contribution in [0.1, 0.15) is 51.7 Å². The quantitative estimate of drug-likeness (QED) is 0.565. The molecule has 0 amide bonds. The first-order valence-corrected chi connectivity index (χ1v) is 11.0. The van der Waals surface area contributed by atoms with Crippen molar-refractivity contribution in [3.63, 3.8) is 0 Å². The largest absolute Gasteiger partial charge is 0.466 e. The molecule has 0 bridgehead atoms. The molecule has 0 aliphatic heterocycles. The Balaban J connectivity index is 0.000000181. The fourth-order valence-electron chi connectivity index (χ4n) is 4.20. The van der Waals surface area contributed by atoms with Gasteiger partial charge in [-0.25, -0.2) is 8.78 Å². The lowest BCUT2D eigenvalue weighted by molar-refractivity contribution is -0.146. The van der Waals surface area contributed by atoms with E-state index in [1.165, 1.54) is 24.3 Å². The summed E-state index contributed by atoms with van der Waals surface area (Å²) in [5.74, 6) is -0.930. The number of esters is 2. The molecule has 2 aliphatic carbocycles. The van der Waals surface area contributed by atoms with Crippen LogP contribution in [-0.4, -0.2) is 25.2 Å². The fraction of sp³-hybridized carbons (Fsp3) is 0.462. The van der Waals surface area contributed by atoms with Gasteiger partial charge in [0.2, 0.25) is 0 Å². The van der Waals surface area contributed by atoms with Gasteiger partial charge in [0.1, 0.15) is 11.6 Å². The lowest BCUT2D eigenvalue weighted by Gasteiger charge is -2.11. The van der Waals surface area contributed by atoms with Gasteiger partial charge in [-0.1, -0.05) is 38.1 Å². The standard InChI is InChI=1S/2C13H15FO2/c2*1-3-16-12(15)11-8-13(11,2)9-4-6-10(14)7-5-9/h2*4-7,11H,3,8H2,1-2H3/t11-,13+;11-,13-/m01/s1. The Morgan fingerprint density at radius 3 is 1.34 bits per heavy atom. The first-order chi connectivity index (χ1) is 15.2. The molecule has 0 heterocycles. The summed E-state index contributed by atoms with van der Waals surface area (Å²) in [4.78, 5) is 23.1. The Morgan fingerprint density at radius 2 is 1.06 bits per heavy atom. The van der Waals surface area contributed by atoms with E-state index in [1.807, 2.05) is 13.8 Å². The van der Waals surface area contributed by atoms with Crippen molar-refractivity contribution in [2.75, 3.05) is 13.2 Å². The average Bonchev–Trinajstić information content (AvgIpc) is 3.65. The van der Waals surface area contributed by atoms with Crippen molar-refractivity contribution in [2.45, 2.75) is 51.4 Å². The molecular formula is C26H30F2O4. The van der Waals surface area contributed by atoms with Crippen LogP contribution in [0.3, 0.4) is 0 Å². The summed E-state index contributed by atoms with van der Waals surface area (Å²) < 4.78 is 35.5. The van der Waals surface area contributed by atoms with Gasteiger partial charge in [0, 0.05) is 10.8 Å². The second-order valence-corrected chi connectivity index (χ2v) is 8.87. The van der Waals surface area contributed by atoms with Crippen LogP contribution in [0.15, 0.2) is 48.5 Å². The molecule has 32 heavy (non-hydrogen) atoms. The van der Waals surface area contributed by atoms with Gasteiger partial charge in [0.25, 0.3) is 0 Å². The molecule has 2 aromatic carbocycles. The van der Waals surface area contributed by atoms with Crippen LogP contribution in [0, 0.1) is 23.5 Å². The highest BCUT2D eigenvalue weighted by atomic mass is 19.1. The molecule has 4 rings (SSSR count). The highest BCUT2D eigenvalue weighted by Gasteiger charge is 2.57. The van der Waals surface area contributed by atoms with Gasteiger partial charge < -0.3 is 9.47 Å². The summed E-state index contributed by atoms with van der Waals surface area (Å²) in [7, 11) is 0. The van der Waals surface area contributed by atoms with Crippen molar-refractivity contribution in [2.24, 2.45) is 11.8 Å². The number of ether oxygens (including phenoxy) is 2. The zero-order valence-electron chi connectivity index (χ0n) is 19.0. The Labute approximate surface area is 187 Å². The molecule has 0 saturated heterocycles. The van der Waals surface area contributed by atoms with Crippen molar-refractivity contribution in [3.8, 4) is 0 Å². The van der Waals surface area contributed by atoms with E-state index in [9.17, 15) is 18.4 Å². The molecule has 2 aromatic rings. The smallest absolute Gasteiger partial charge is 0.309 e. The lowest BCUT2D eigenvalue weighted by atomic mass is 9.95. The summed E-state index contributed by atoms with van der Waals surface area (Å²) in [5.41, 5.74) is 1.68. The van der Waals surface area contributed by atoms with Crippen LogP contribution >= 0.6 is 0 Å². The van der Waals surface area contributed by atoms with E-state index in [2.05, 4.69) is 0 Å². The van der Waals surface area contributed by atoms with E-state index in [0.29, 0.717) is 13.2 Å². The van der Waals surface area contributed by atoms with Crippen molar-refractivity contribution in [1.82, 2.24) is 0 Å². The molecule has 2 saturated carbocycles. The van der Waals surface area contributed by atoms with Crippen LogP contribution in [-0.2, 0) is 29.9 Å². The summed E-state index contributed by atoms with van der Waals surface area (Å²) >= 11 is 0. The summed E-state index contributed by atoms with van der Waals surface area (Å²) in [6.07, 6.45) is 1.58. The monoisotopic (exact) mass is 444 g/mol. The van der Waals surface area contributed by atoms with Gasteiger partial charge in [-0.15, -0.1) is 0 Å². The van der Waals surface area contributed by atoms with Gasteiger partial charge in [0.15, 0.2) is 0 Å². The number of hydrogen-bond acceptors (Lipinski definition) is 4. The molecule has 6 heteroatoms. The number of hydrogen-bond donors (Lipinski definition) is 0. The van der Waals surface area contributed by atoms with Crippen LogP contribution in [0.5, 0.6) is 0 Å². The normalized spacial score (nSPS) is 27.6. The summed E-state index contributed by atoms with van der Waals surface area (Å²) in [5, 5.41) is 0. The third kappa shape index (κ3) is 5.00. The SMILES string of the molecule is CCOC(=O)[C@@H]1C[C@]1(C)c1ccc(F)cc1.CCOC(=O)[C@H]1C[C@]1(C)c1ccc(F)cc1. The minimum atomic E-state index is -0.249. The second-order valence-electron chi connectivity index (χ2n) is 8.87. The topological polar surface area (TPSA) is 52.6 Å². The maximum Gasteiger partial charge on any atom is 0.309 e. The number of carbonyl (C=O) groups excluding carboxylic acids is 2. The Bertz CT molecular complexity index is 877. The van der Waals surface area contributed by atoms with E-state index >= 15 is 0 Å². The van der Waals surface area contributed by atoms with Crippen molar-refractivity contribution < 1.29 is 27.8 Å². The van der Waals surface area contributed by atoms with E-state index in [-0.39, 0.29) is 46.2 Å². The predicted octanol–water partition coefficient (Wildman–Crippen LogP) is 5.33. The molecule has 0 radical (unpaired) electrons. The van der Waals surface area contributed by atoms with E-state index in [1.54, 1.807) is 38.1 Å². The maximum atomic E-state index is 12.8. The van der Waals surface area contributed by atoms with Crippen LogP contribution in [0.2, 0.25) is 0 Å². The first kappa shape index (κ1) is 23.9. The molecule has 4 atom stereocenters. The van der Waals surface area contributed by atoms with E-state index < -0.39 is 0 Å². The summed E-state index contributed by atoms with van der Waals surface area (Å²) in [6.45, 7) is 8.46. The number of rotatable bonds is 6. The van der Waals surface area contributed by atoms with Crippen molar-refractivity contribution in [3.05, 3.63) is 71.3 Å². The van der Waals surface area contributed by atoms with Crippen LogP contribution in [0.25, 0.3) is 0 Å². The zero-order valence-corrected chi connectivity index (χ0v) is 19.0. The minimum absolute atomic E-state index is 0.0714. The van der Waals surface area contributed by atoms with Gasteiger partial charge >= 0.3 is 11.9 Å². The molecule has 172 valence electrons. The Morgan fingerprint density at radius 1 is 0.750 bits per heavy atom. The molecule has 0 aromatic heterocycles. The lowest BCUT2D eigenvalue weighted by Crippen LogP contribution is -2.14. The molecule has 0 spiro atoms. The zero-order chi connectivity index (χ0) is 23.5. The molecule has 0 unspecified atom stereocenters. The average molecular weight is 445 g/mol. The molecule has 2 aliphatic rings. The minimum Gasteiger partial charge on any atom is -0.466 e. The highest BCUT2D eigenvalue weighted by molar-refractivity contribution is 5.79. The number of carbonyl (C=O) groups is 2. The molecule has 2 fully saturated rings. The second kappa shape index (κ2) is 9.39. The predicted molar refractivity (Wildman–Crippen MR) is 117 cm³/mol. The van der Waals surface area contributed by atoms with Gasteiger partial charge in [-0.2, -0.15) is 0 Å². The molecule has 4 nitrogen and oxygen atoms in total. The molecule has 0 N–H and O–H groups in total. The highest BCUT2D eigenvalue weighted by Crippen LogP contribution is 2.55. The van der Waals surface area contributed by atoms with Crippen LogP contribution in [0.4, 0.5) is 8.78 Å². The van der Waals surface area contributed by atoms with Gasteiger partial charge in [-0.3, -0.25) is 9.59 Å². The maximum absolute atomic E-state index is 12.8. The molecular weight excluding hydrogens is 414 g/mol. The Hall–Kier alpha value is -2.76. The van der Waals surface area contributed by atoms with Crippen molar-refractivity contribution >= 4 is 11.9 Å². The van der Waals surface area contributed by atoms with Crippen LogP contribution < -0.4 is 0 Å².